The molecule has 2 aliphatic carbocycles. The van der Waals surface area contributed by atoms with Crippen molar-refractivity contribution >= 4 is 11.6 Å². The first kappa shape index (κ1) is 13.6. The quantitative estimate of drug-likeness (QED) is 0.678. The highest BCUT2D eigenvalue weighted by molar-refractivity contribution is 5.87. The third-order valence-electron chi connectivity index (χ3n) is 6.58. The van der Waals surface area contributed by atoms with Crippen LogP contribution in [-0.2, 0) is 23.8 Å². The summed E-state index contributed by atoms with van der Waals surface area (Å²) in [6.07, 6.45) is 0.882. The Kier molecular flexibility index (Phi) is 2.58. The van der Waals surface area contributed by atoms with Gasteiger partial charge >= 0.3 is 0 Å². The first-order valence-electron chi connectivity index (χ1n) is 8.22. The van der Waals surface area contributed by atoms with Crippen molar-refractivity contribution < 1.29 is 28.9 Å². The highest BCUT2D eigenvalue weighted by Gasteiger charge is 2.71. The lowest BCUT2D eigenvalue weighted by Gasteiger charge is -2.41. The van der Waals surface area contributed by atoms with Crippen molar-refractivity contribution in [2.45, 2.75) is 61.6 Å². The molecule has 0 aromatic heterocycles. The van der Waals surface area contributed by atoms with Crippen molar-refractivity contribution in [3.05, 3.63) is 0 Å². The van der Waals surface area contributed by atoms with E-state index >= 15 is 0 Å². The molecule has 3 saturated heterocycles. The van der Waals surface area contributed by atoms with Crippen molar-refractivity contribution in [2.75, 3.05) is 13.2 Å². The zero-order valence-corrected chi connectivity index (χ0v) is 12.3. The van der Waals surface area contributed by atoms with E-state index in [2.05, 4.69) is 0 Å². The van der Waals surface area contributed by atoms with Gasteiger partial charge in [0.25, 0.3) is 0 Å². The molecule has 0 bridgehead atoms. The number of carbonyl (C=O) groups is 2. The van der Waals surface area contributed by atoms with Gasteiger partial charge in [-0.15, -0.1) is 0 Å². The Morgan fingerprint density at radius 2 is 1.77 bits per heavy atom. The van der Waals surface area contributed by atoms with E-state index in [1.165, 1.54) is 0 Å². The summed E-state index contributed by atoms with van der Waals surface area (Å²) in [6.45, 7) is 1.01. The summed E-state index contributed by atoms with van der Waals surface area (Å²) >= 11 is 0. The van der Waals surface area contributed by atoms with Crippen LogP contribution in [0.2, 0.25) is 0 Å². The van der Waals surface area contributed by atoms with Crippen LogP contribution in [0, 0.1) is 11.8 Å². The van der Waals surface area contributed by atoms with E-state index in [0.717, 1.165) is 0 Å². The van der Waals surface area contributed by atoms with Gasteiger partial charge in [-0.25, -0.2) is 0 Å². The first-order chi connectivity index (χ1) is 10.5. The van der Waals surface area contributed by atoms with Gasteiger partial charge < -0.3 is 19.3 Å². The first-order valence-corrected chi connectivity index (χ1v) is 8.22. The summed E-state index contributed by atoms with van der Waals surface area (Å²) < 4.78 is 17.7. The normalized spacial score (nSPS) is 56.5. The standard InChI is InChI=1S/C16H20O6/c17-8-5-9-13-10(18)7-11-15(19,1-3-20-11)14(13)22-16(9)2-4-21-12(16)6-8/h9,11-14,19H,1-7H2. The Morgan fingerprint density at radius 3 is 2.64 bits per heavy atom. The zero-order chi connectivity index (χ0) is 15.1. The average molecular weight is 308 g/mol. The second-order valence-electron chi connectivity index (χ2n) is 7.45. The van der Waals surface area contributed by atoms with E-state index in [-0.39, 0.29) is 30.0 Å². The van der Waals surface area contributed by atoms with Gasteiger partial charge in [-0.1, -0.05) is 0 Å². The van der Waals surface area contributed by atoms with E-state index in [1.807, 2.05) is 0 Å². The lowest BCUT2D eigenvalue weighted by atomic mass is 9.62. The Morgan fingerprint density at radius 1 is 1.00 bits per heavy atom. The van der Waals surface area contributed by atoms with Crippen LogP contribution in [0.3, 0.4) is 0 Å². The number of ketones is 2. The minimum atomic E-state index is -1.10. The van der Waals surface area contributed by atoms with Gasteiger partial charge in [0.1, 0.15) is 22.8 Å². The van der Waals surface area contributed by atoms with Crippen LogP contribution < -0.4 is 0 Å². The monoisotopic (exact) mass is 308 g/mol. The number of fused-ring (bicyclic) bond motifs is 4. The molecular weight excluding hydrogens is 288 g/mol. The maximum atomic E-state index is 12.7. The summed E-state index contributed by atoms with van der Waals surface area (Å²) in [5, 5.41) is 11.1. The second-order valence-corrected chi connectivity index (χ2v) is 7.45. The average Bonchev–Trinajstić information content (AvgIpc) is 3.12. The molecule has 0 aromatic rings. The fourth-order valence-electron chi connectivity index (χ4n) is 5.56. The highest BCUT2D eigenvalue weighted by Crippen LogP contribution is 2.59. The molecule has 0 amide bonds. The molecule has 7 atom stereocenters. The molecule has 7 unspecified atom stereocenters. The van der Waals surface area contributed by atoms with Gasteiger partial charge in [0.15, 0.2) is 0 Å². The van der Waals surface area contributed by atoms with Crippen LogP contribution >= 0.6 is 0 Å². The zero-order valence-electron chi connectivity index (χ0n) is 12.3. The molecule has 22 heavy (non-hydrogen) atoms. The number of Topliss-reactive ketones (excluding diaryl/α,β-unsaturated/α-hetero) is 2. The van der Waals surface area contributed by atoms with Crippen molar-refractivity contribution in [1.29, 1.82) is 0 Å². The summed E-state index contributed by atoms with van der Waals surface area (Å²) in [6, 6.07) is 0. The second kappa shape index (κ2) is 4.17. The molecule has 3 aliphatic heterocycles. The largest absolute Gasteiger partial charge is 0.384 e. The maximum absolute atomic E-state index is 12.7. The molecule has 0 radical (unpaired) electrons. The Bertz CT molecular complexity index is 561. The third kappa shape index (κ3) is 1.45. The Balaban J connectivity index is 1.61. The summed E-state index contributed by atoms with van der Waals surface area (Å²) in [5.74, 6) is -0.328. The van der Waals surface area contributed by atoms with Crippen LogP contribution in [-0.4, -0.2) is 59.4 Å². The molecule has 3 heterocycles. The minimum Gasteiger partial charge on any atom is -0.384 e. The fourth-order valence-corrected chi connectivity index (χ4v) is 5.56. The lowest BCUT2D eigenvalue weighted by Crippen LogP contribution is -2.58. The van der Waals surface area contributed by atoms with Crippen LogP contribution in [0.4, 0.5) is 0 Å². The SMILES string of the molecule is O=C1CC2OCCC23OC2C(C(=O)CC4OCCC42O)C3C1. The molecule has 120 valence electrons. The van der Waals surface area contributed by atoms with E-state index in [1.54, 1.807) is 0 Å². The van der Waals surface area contributed by atoms with Crippen molar-refractivity contribution in [1.82, 2.24) is 0 Å². The molecule has 0 aromatic carbocycles. The topological polar surface area (TPSA) is 82.1 Å². The number of rotatable bonds is 0. The van der Waals surface area contributed by atoms with Crippen LogP contribution in [0.5, 0.6) is 0 Å². The van der Waals surface area contributed by atoms with E-state index in [9.17, 15) is 14.7 Å². The molecule has 2 saturated carbocycles. The van der Waals surface area contributed by atoms with Crippen LogP contribution in [0.25, 0.3) is 0 Å². The van der Waals surface area contributed by atoms with Gasteiger partial charge in [-0.2, -0.15) is 0 Å². The minimum absolute atomic E-state index is 0.0730. The van der Waals surface area contributed by atoms with Gasteiger partial charge in [0, 0.05) is 44.6 Å². The molecule has 1 spiro atoms. The molecule has 5 aliphatic rings. The molecule has 6 heteroatoms. The molecule has 6 nitrogen and oxygen atoms in total. The van der Waals surface area contributed by atoms with Gasteiger partial charge in [0.05, 0.1) is 30.8 Å². The van der Waals surface area contributed by atoms with E-state index < -0.39 is 29.3 Å². The van der Waals surface area contributed by atoms with Crippen LogP contribution in [0.15, 0.2) is 0 Å². The number of carbonyl (C=O) groups excluding carboxylic acids is 2. The van der Waals surface area contributed by atoms with Crippen molar-refractivity contribution in [3.63, 3.8) is 0 Å². The van der Waals surface area contributed by atoms with E-state index in [4.69, 9.17) is 14.2 Å². The summed E-state index contributed by atoms with van der Waals surface area (Å²) in [4.78, 5) is 24.8. The summed E-state index contributed by atoms with van der Waals surface area (Å²) in [7, 11) is 0. The molecule has 5 rings (SSSR count). The maximum Gasteiger partial charge on any atom is 0.141 e. The van der Waals surface area contributed by atoms with Gasteiger partial charge in [-0.3, -0.25) is 9.59 Å². The number of aliphatic hydroxyl groups is 1. The Labute approximate surface area is 128 Å². The Hall–Kier alpha value is -0.820. The number of hydrogen-bond acceptors (Lipinski definition) is 6. The lowest BCUT2D eigenvalue weighted by molar-refractivity contribution is -0.193. The van der Waals surface area contributed by atoms with Gasteiger partial charge in [-0.05, 0) is 0 Å². The number of ether oxygens (including phenoxy) is 3. The van der Waals surface area contributed by atoms with Crippen molar-refractivity contribution in [3.8, 4) is 0 Å². The third-order valence-corrected chi connectivity index (χ3v) is 6.58. The highest BCUT2D eigenvalue weighted by atomic mass is 16.6. The predicted octanol–water partition coefficient (Wildman–Crippen LogP) is 0.001000. The van der Waals surface area contributed by atoms with Crippen molar-refractivity contribution in [2.24, 2.45) is 11.8 Å². The molecule has 5 fully saturated rings. The summed E-state index contributed by atoms with van der Waals surface area (Å²) in [5.41, 5.74) is -1.66. The van der Waals surface area contributed by atoms with Crippen LogP contribution in [0.1, 0.15) is 32.1 Å². The number of hydrogen-bond donors (Lipinski definition) is 1. The van der Waals surface area contributed by atoms with E-state index in [0.29, 0.717) is 38.9 Å². The van der Waals surface area contributed by atoms with Gasteiger partial charge in [0.2, 0.25) is 0 Å². The molecule has 1 N–H and O–H groups in total. The molecular formula is C16H20O6. The predicted molar refractivity (Wildman–Crippen MR) is 72.1 cm³/mol. The fraction of sp³-hybridized carbons (Fsp3) is 0.875. The smallest absolute Gasteiger partial charge is 0.141 e.